The summed E-state index contributed by atoms with van der Waals surface area (Å²) in [7, 11) is -3.66. The lowest BCUT2D eigenvalue weighted by Gasteiger charge is -2.31. The highest BCUT2D eigenvalue weighted by atomic mass is 32.2. The van der Waals surface area contributed by atoms with Gasteiger partial charge in [0, 0.05) is 32.1 Å². The van der Waals surface area contributed by atoms with Gasteiger partial charge in [-0.05, 0) is 42.9 Å². The van der Waals surface area contributed by atoms with Crippen molar-refractivity contribution in [2.45, 2.75) is 63.3 Å². The highest BCUT2D eigenvalue weighted by molar-refractivity contribution is 7.89. The van der Waals surface area contributed by atoms with Gasteiger partial charge in [-0.3, -0.25) is 4.79 Å². The lowest BCUT2D eigenvalue weighted by atomic mass is 9.87. The first kappa shape index (κ1) is 24.1. The topological polar surface area (TPSA) is 105 Å². The van der Waals surface area contributed by atoms with E-state index in [1.165, 1.54) is 0 Å². The molecule has 0 radical (unpaired) electrons. The van der Waals surface area contributed by atoms with Crippen molar-refractivity contribution in [3.8, 4) is 0 Å². The van der Waals surface area contributed by atoms with Crippen LogP contribution in [0, 0.1) is 0 Å². The average molecular weight is 440 g/mol. The van der Waals surface area contributed by atoms with Crippen molar-refractivity contribution in [2.75, 3.05) is 26.2 Å². The summed E-state index contributed by atoms with van der Waals surface area (Å²) in [6.07, 6.45) is 1.02. The van der Waals surface area contributed by atoms with Crippen molar-refractivity contribution in [2.24, 2.45) is 0 Å². The van der Waals surface area contributed by atoms with E-state index in [1.54, 1.807) is 24.0 Å². The predicted molar refractivity (Wildman–Crippen MR) is 115 cm³/mol. The molecule has 168 valence electrons. The zero-order valence-electron chi connectivity index (χ0n) is 18.2. The fourth-order valence-corrected chi connectivity index (χ4v) is 4.27. The Labute approximate surface area is 179 Å². The van der Waals surface area contributed by atoms with Gasteiger partial charge in [-0.2, -0.15) is 0 Å². The first-order valence-corrected chi connectivity index (χ1v) is 11.8. The van der Waals surface area contributed by atoms with Crippen molar-refractivity contribution < 1.29 is 22.7 Å². The Morgan fingerprint density at radius 3 is 2.27 bits per heavy atom. The number of sulfonamides is 1. The normalized spacial score (nSPS) is 15.7. The molecule has 0 aromatic heterocycles. The van der Waals surface area contributed by atoms with Crippen molar-refractivity contribution in [3.63, 3.8) is 0 Å². The van der Waals surface area contributed by atoms with E-state index in [-0.39, 0.29) is 41.3 Å². The lowest BCUT2D eigenvalue weighted by Crippen LogP contribution is -2.47. The lowest BCUT2D eigenvalue weighted by molar-refractivity contribution is -0.121. The summed E-state index contributed by atoms with van der Waals surface area (Å²) in [4.78, 5) is 25.7. The van der Waals surface area contributed by atoms with E-state index in [0.717, 1.165) is 5.56 Å². The molecule has 2 N–H and O–H groups in total. The number of nitrogens with one attached hydrogen (secondary N) is 2. The van der Waals surface area contributed by atoms with Crippen LogP contribution in [-0.4, -0.2) is 57.6 Å². The number of likely N-dealkylation sites (tertiary alicyclic amines) is 1. The number of hydrogen-bond donors (Lipinski definition) is 2. The van der Waals surface area contributed by atoms with E-state index >= 15 is 0 Å². The van der Waals surface area contributed by atoms with Crippen LogP contribution in [0.15, 0.2) is 29.2 Å². The SMILES string of the molecule is CCOC(=O)N1CCC(NC(=O)CCNS(=O)(=O)c2ccc(C(C)(C)C)cc2)CC1. The van der Waals surface area contributed by atoms with Crippen LogP contribution in [0.4, 0.5) is 4.79 Å². The van der Waals surface area contributed by atoms with E-state index in [9.17, 15) is 18.0 Å². The van der Waals surface area contributed by atoms with Crippen molar-refractivity contribution in [1.29, 1.82) is 0 Å². The molecule has 0 spiro atoms. The summed E-state index contributed by atoms with van der Waals surface area (Å²) < 4.78 is 32.3. The molecule has 0 unspecified atom stereocenters. The molecule has 1 aliphatic rings. The Bertz CT molecular complexity index is 823. The van der Waals surface area contributed by atoms with Gasteiger partial charge in [-0.15, -0.1) is 0 Å². The molecule has 2 amide bonds. The zero-order chi connectivity index (χ0) is 22.4. The Hall–Kier alpha value is -2.13. The number of nitrogens with zero attached hydrogens (tertiary/aromatic N) is 1. The van der Waals surface area contributed by atoms with Crippen LogP contribution < -0.4 is 10.0 Å². The van der Waals surface area contributed by atoms with Crippen LogP contribution in [0.5, 0.6) is 0 Å². The molecule has 9 heteroatoms. The number of hydrogen-bond acceptors (Lipinski definition) is 5. The molecule has 0 saturated carbocycles. The monoisotopic (exact) mass is 439 g/mol. The maximum Gasteiger partial charge on any atom is 0.409 e. The average Bonchev–Trinajstić information content (AvgIpc) is 2.68. The molecule has 1 saturated heterocycles. The Balaban J connectivity index is 1.75. The molecule has 1 heterocycles. The van der Waals surface area contributed by atoms with Gasteiger partial charge in [0.25, 0.3) is 0 Å². The largest absolute Gasteiger partial charge is 0.450 e. The number of carbonyl (C=O) groups excluding carboxylic acids is 2. The third-order valence-corrected chi connectivity index (χ3v) is 6.54. The molecule has 1 aromatic carbocycles. The van der Waals surface area contributed by atoms with Gasteiger partial charge in [0.2, 0.25) is 15.9 Å². The summed E-state index contributed by atoms with van der Waals surface area (Å²) in [5, 5.41) is 2.91. The van der Waals surface area contributed by atoms with Gasteiger partial charge < -0.3 is 15.0 Å². The van der Waals surface area contributed by atoms with Crippen LogP contribution in [-0.2, 0) is 25.0 Å². The quantitative estimate of drug-likeness (QED) is 0.679. The summed E-state index contributed by atoms with van der Waals surface area (Å²) in [5.41, 5.74) is 0.995. The molecule has 0 bridgehead atoms. The molecular formula is C21H33N3O5S. The van der Waals surface area contributed by atoms with Crippen LogP contribution in [0.3, 0.4) is 0 Å². The number of piperidine rings is 1. The van der Waals surface area contributed by atoms with Gasteiger partial charge in [0.05, 0.1) is 11.5 Å². The van der Waals surface area contributed by atoms with Gasteiger partial charge >= 0.3 is 6.09 Å². The third kappa shape index (κ3) is 6.98. The van der Waals surface area contributed by atoms with Gasteiger partial charge in [0.1, 0.15) is 0 Å². The predicted octanol–water partition coefficient (Wildman–Crippen LogP) is 2.39. The van der Waals surface area contributed by atoms with E-state index in [0.29, 0.717) is 32.5 Å². The van der Waals surface area contributed by atoms with E-state index in [2.05, 4.69) is 30.8 Å². The Morgan fingerprint density at radius 2 is 1.73 bits per heavy atom. The van der Waals surface area contributed by atoms with Gasteiger partial charge in [-0.25, -0.2) is 17.9 Å². The van der Waals surface area contributed by atoms with Crippen molar-refractivity contribution in [1.82, 2.24) is 14.9 Å². The fourth-order valence-electron chi connectivity index (χ4n) is 3.24. The number of rotatable bonds is 7. The highest BCUT2D eigenvalue weighted by Crippen LogP contribution is 2.23. The number of ether oxygens (including phenoxy) is 1. The van der Waals surface area contributed by atoms with Crippen molar-refractivity contribution in [3.05, 3.63) is 29.8 Å². The van der Waals surface area contributed by atoms with Crippen LogP contribution >= 0.6 is 0 Å². The van der Waals surface area contributed by atoms with Crippen molar-refractivity contribution >= 4 is 22.0 Å². The highest BCUT2D eigenvalue weighted by Gasteiger charge is 2.24. The van der Waals surface area contributed by atoms with E-state index in [1.807, 2.05) is 12.1 Å². The summed E-state index contributed by atoms with van der Waals surface area (Å²) in [5.74, 6) is -0.213. The smallest absolute Gasteiger partial charge is 0.409 e. The minimum Gasteiger partial charge on any atom is -0.450 e. The maximum absolute atomic E-state index is 12.4. The minimum absolute atomic E-state index is 0.0234. The Morgan fingerprint density at radius 1 is 1.13 bits per heavy atom. The second-order valence-corrected chi connectivity index (χ2v) is 10.2. The summed E-state index contributed by atoms with van der Waals surface area (Å²) >= 11 is 0. The van der Waals surface area contributed by atoms with E-state index < -0.39 is 10.0 Å². The molecule has 0 atom stereocenters. The van der Waals surface area contributed by atoms with Crippen LogP contribution in [0.1, 0.15) is 52.5 Å². The second-order valence-electron chi connectivity index (χ2n) is 8.45. The number of benzene rings is 1. The number of amides is 2. The first-order valence-electron chi connectivity index (χ1n) is 10.3. The molecule has 1 aliphatic heterocycles. The molecule has 1 fully saturated rings. The summed E-state index contributed by atoms with van der Waals surface area (Å²) in [6.45, 7) is 9.38. The van der Waals surface area contributed by atoms with Gasteiger partial charge in [-0.1, -0.05) is 32.9 Å². The minimum atomic E-state index is -3.66. The summed E-state index contributed by atoms with van der Waals surface area (Å²) in [6, 6.07) is 6.76. The zero-order valence-corrected chi connectivity index (χ0v) is 19.0. The third-order valence-electron chi connectivity index (χ3n) is 5.06. The molecule has 2 rings (SSSR count). The number of carbonyl (C=O) groups is 2. The van der Waals surface area contributed by atoms with Crippen LogP contribution in [0.2, 0.25) is 0 Å². The second kappa shape index (κ2) is 10.3. The molecule has 0 aliphatic carbocycles. The molecule has 8 nitrogen and oxygen atoms in total. The molecular weight excluding hydrogens is 406 g/mol. The first-order chi connectivity index (χ1) is 14.0. The molecule has 1 aromatic rings. The Kier molecular flexibility index (Phi) is 8.25. The molecule has 30 heavy (non-hydrogen) atoms. The fraction of sp³-hybridized carbons (Fsp3) is 0.619. The van der Waals surface area contributed by atoms with Gasteiger partial charge in [0.15, 0.2) is 0 Å². The van der Waals surface area contributed by atoms with Crippen LogP contribution in [0.25, 0.3) is 0 Å². The standard InChI is InChI=1S/C21H33N3O5S/c1-5-29-20(26)24-14-11-17(12-15-24)23-19(25)10-13-22-30(27,28)18-8-6-16(7-9-18)21(2,3)4/h6-9,17,22H,5,10-15H2,1-4H3,(H,23,25). The van der Waals surface area contributed by atoms with E-state index in [4.69, 9.17) is 4.74 Å². The maximum atomic E-state index is 12.4.